The van der Waals surface area contributed by atoms with Crippen molar-refractivity contribution < 1.29 is 19.4 Å². The van der Waals surface area contributed by atoms with Crippen molar-refractivity contribution in [2.24, 2.45) is 10.8 Å². The summed E-state index contributed by atoms with van der Waals surface area (Å²) in [6.45, 7) is 5.55. The van der Waals surface area contributed by atoms with Gasteiger partial charge in [-0.05, 0) is 43.4 Å². The minimum Gasteiger partial charge on any atom is -0.497 e. The van der Waals surface area contributed by atoms with E-state index in [-0.39, 0.29) is 11.6 Å². The Kier molecular flexibility index (Phi) is 6.04. The van der Waals surface area contributed by atoms with Gasteiger partial charge in [-0.1, -0.05) is 32.9 Å². The van der Waals surface area contributed by atoms with Crippen LogP contribution in [0.4, 0.5) is 0 Å². The zero-order valence-corrected chi connectivity index (χ0v) is 15.8. The third kappa shape index (κ3) is 4.49. The summed E-state index contributed by atoms with van der Waals surface area (Å²) in [6, 6.07) is 7.87. The van der Waals surface area contributed by atoms with Crippen LogP contribution >= 0.6 is 0 Å². The molecule has 1 aliphatic rings. The molecule has 0 radical (unpaired) electrons. The molecule has 0 saturated heterocycles. The molecule has 0 amide bonds. The summed E-state index contributed by atoms with van der Waals surface area (Å²) in [5, 5.41) is 10.3. The molecule has 1 aromatic rings. The first-order chi connectivity index (χ1) is 11.7. The number of ketones is 2. The van der Waals surface area contributed by atoms with E-state index in [1.54, 1.807) is 14.0 Å². The van der Waals surface area contributed by atoms with Gasteiger partial charge in [0.15, 0.2) is 0 Å². The molecular weight excluding hydrogens is 316 g/mol. The maximum atomic E-state index is 12.5. The maximum Gasteiger partial charge on any atom is 0.147 e. The Bertz CT molecular complexity index is 635. The number of aliphatic hydroxyl groups excluding tert-OH is 1. The van der Waals surface area contributed by atoms with Crippen LogP contribution in [0.1, 0.15) is 58.4 Å². The largest absolute Gasteiger partial charge is 0.497 e. The van der Waals surface area contributed by atoms with Gasteiger partial charge in [0.1, 0.15) is 17.3 Å². The number of hydrogen-bond donors (Lipinski definition) is 1. The van der Waals surface area contributed by atoms with Gasteiger partial charge in [-0.15, -0.1) is 0 Å². The fourth-order valence-corrected chi connectivity index (χ4v) is 3.85. The van der Waals surface area contributed by atoms with E-state index in [1.807, 2.05) is 38.1 Å². The lowest BCUT2D eigenvalue weighted by Gasteiger charge is -2.27. The van der Waals surface area contributed by atoms with Crippen LogP contribution in [0.5, 0.6) is 5.75 Å². The zero-order chi connectivity index (χ0) is 18.7. The van der Waals surface area contributed by atoms with Crippen molar-refractivity contribution in [1.29, 1.82) is 0 Å². The molecule has 1 fully saturated rings. The average molecular weight is 346 g/mol. The summed E-state index contributed by atoms with van der Waals surface area (Å²) < 4.78 is 5.20. The lowest BCUT2D eigenvalue weighted by Crippen LogP contribution is -2.35. The molecule has 1 aliphatic carbocycles. The molecule has 0 spiro atoms. The SMILES string of the molecule is COc1cccc(CCCC(=O)CC[C@]2(C)C(=O)C(C)(C)C[C@H]2O)c1. The molecule has 2 atom stereocenters. The van der Waals surface area contributed by atoms with E-state index in [0.717, 1.165) is 24.2 Å². The van der Waals surface area contributed by atoms with E-state index in [2.05, 4.69) is 0 Å². The number of aryl methyl sites for hydroxylation is 1. The number of rotatable bonds is 8. The van der Waals surface area contributed by atoms with E-state index < -0.39 is 16.9 Å². The van der Waals surface area contributed by atoms with Gasteiger partial charge < -0.3 is 9.84 Å². The molecule has 0 heterocycles. The molecule has 1 saturated carbocycles. The molecule has 0 aromatic heterocycles. The van der Waals surface area contributed by atoms with Gasteiger partial charge in [-0.3, -0.25) is 9.59 Å². The van der Waals surface area contributed by atoms with E-state index in [4.69, 9.17) is 4.74 Å². The van der Waals surface area contributed by atoms with Gasteiger partial charge in [0, 0.05) is 18.3 Å². The molecule has 1 N–H and O–H groups in total. The number of ether oxygens (including phenoxy) is 1. The van der Waals surface area contributed by atoms with Crippen LogP contribution < -0.4 is 4.74 Å². The predicted molar refractivity (Wildman–Crippen MR) is 97.7 cm³/mol. The molecule has 2 rings (SSSR count). The van der Waals surface area contributed by atoms with Gasteiger partial charge in [-0.2, -0.15) is 0 Å². The number of aliphatic hydroxyl groups is 1. The van der Waals surface area contributed by atoms with Gasteiger partial charge >= 0.3 is 0 Å². The lowest BCUT2D eigenvalue weighted by atomic mass is 9.77. The molecule has 4 nitrogen and oxygen atoms in total. The van der Waals surface area contributed by atoms with Crippen LogP contribution in [0.25, 0.3) is 0 Å². The van der Waals surface area contributed by atoms with Crippen LogP contribution in [0.3, 0.4) is 0 Å². The van der Waals surface area contributed by atoms with Gasteiger partial charge in [0.2, 0.25) is 0 Å². The Hall–Kier alpha value is -1.68. The summed E-state index contributed by atoms with van der Waals surface area (Å²) in [5.41, 5.74) is -0.127. The molecular formula is C21H30O4. The maximum absolute atomic E-state index is 12.5. The average Bonchev–Trinajstić information content (AvgIpc) is 2.73. The number of benzene rings is 1. The van der Waals surface area contributed by atoms with Crippen molar-refractivity contribution in [3.05, 3.63) is 29.8 Å². The molecule has 0 unspecified atom stereocenters. The molecule has 138 valence electrons. The van der Waals surface area contributed by atoms with Crippen LogP contribution in [-0.4, -0.2) is 29.9 Å². The standard InChI is InChI=1S/C21H30O4/c1-20(2)14-18(23)21(3,19(20)24)12-11-16(22)9-5-7-15-8-6-10-17(13-15)25-4/h6,8,10,13,18,23H,5,7,9,11-12,14H2,1-4H3/t18-,21+/m1/s1. The van der Waals surface area contributed by atoms with Crippen LogP contribution in [0.2, 0.25) is 0 Å². The fourth-order valence-electron chi connectivity index (χ4n) is 3.85. The van der Waals surface area contributed by atoms with E-state index in [9.17, 15) is 14.7 Å². The van der Waals surface area contributed by atoms with E-state index in [0.29, 0.717) is 25.7 Å². The number of hydrogen-bond acceptors (Lipinski definition) is 4. The summed E-state index contributed by atoms with van der Waals surface area (Å²) in [4.78, 5) is 24.8. The number of carbonyl (C=O) groups is 2. The third-order valence-corrected chi connectivity index (χ3v) is 5.55. The van der Waals surface area contributed by atoms with Crippen molar-refractivity contribution >= 4 is 11.6 Å². The highest BCUT2D eigenvalue weighted by atomic mass is 16.5. The summed E-state index contributed by atoms with van der Waals surface area (Å²) in [5.74, 6) is 1.07. The Morgan fingerprint density at radius 1 is 1.28 bits per heavy atom. The Morgan fingerprint density at radius 3 is 2.60 bits per heavy atom. The topological polar surface area (TPSA) is 63.6 Å². The van der Waals surface area contributed by atoms with Crippen LogP contribution in [0.15, 0.2) is 24.3 Å². The first-order valence-electron chi connectivity index (χ1n) is 9.06. The first-order valence-corrected chi connectivity index (χ1v) is 9.06. The second kappa shape index (κ2) is 7.69. The molecule has 0 aliphatic heterocycles. The highest BCUT2D eigenvalue weighted by Crippen LogP contribution is 2.48. The molecule has 0 bridgehead atoms. The van der Waals surface area contributed by atoms with Crippen molar-refractivity contribution in [1.82, 2.24) is 0 Å². The number of Topliss-reactive ketones (excluding diaryl/α,β-unsaturated/α-hetero) is 2. The fraction of sp³-hybridized carbons (Fsp3) is 0.619. The zero-order valence-electron chi connectivity index (χ0n) is 15.8. The Balaban J connectivity index is 1.80. The summed E-state index contributed by atoms with van der Waals surface area (Å²) in [6.07, 6.45) is 2.73. The van der Waals surface area contributed by atoms with Gasteiger partial charge in [0.25, 0.3) is 0 Å². The van der Waals surface area contributed by atoms with Crippen molar-refractivity contribution in [2.45, 2.75) is 65.4 Å². The van der Waals surface area contributed by atoms with Crippen LogP contribution in [-0.2, 0) is 16.0 Å². The predicted octanol–water partition coefficient (Wildman–Crippen LogP) is 3.73. The van der Waals surface area contributed by atoms with Gasteiger partial charge in [0.05, 0.1) is 18.6 Å². The van der Waals surface area contributed by atoms with Crippen molar-refractivity contribution in [3.8, 4) is 5.75 Å². The highest BCUT2D eigenvalue weighted by Gasteiger charge is 2.54. The Labute approximate surface area is 150 Å². The summed E-state index contributed by atoms with van der Waals surface area (Å²) >= 11 is 0. The minimum atomic E-state index is -0.786. The molecule has 1 aromatic carbocycles. The molecule has 4 heteroatoms. The summed E-state index contributed by atoms with van der Waals surface area (Å²) in [7, 11) is 1.64. The third-order valence-electron chi connectivity index (χ3n) is 5.55. The second-order valence-corrected chi connectivity index (χ2v) is 8.09. The highest BCUT2D eigenvalue weighted by molar-refractivity contribution is 5.93. The monoisotopic (exact) mass is 346 g/mol. The molecule has 25 heavy (non-hydrogen) atoms. The smallest absolute Gasteiger partial charge is 0.147 e. The van der Waals surface area contributed by atoms with Crippen molar-refractivity contribution in [3.63, 3.8) is 0 Å². The van der Waals surface area contributed by atoms with Gasteiger partial charge in [-0.25, -0.2) is 0 Å². The quantitative estimate of drug-likeness (QED) is 0.779. The minimum absolute atomic E-state index is 0.0803. The lowest BCUT2D eigenvalue weighted by molar-refractivity contribution is -0.134. The normalized spacial score (nSPS) is 25.2. The van der Waals surface area contributed by atoms with Crippen LogP contribution in [0, 0.1) is 10.8 Å². The second-order valence-electron chi connectivity index (χ2n) is 8.09. The number of carbonyl (C=O) groups excluding carboxylic acids is 2. The van der Waals surface area contributed by atoms with Crippen molar-refractivity contribution in [2.75, 3.05) is 7.11 Å². The Morgan fingerprint density at radius 2 is 2.00 bits per heavy atom. The van der Waals surface area contributed by atoms with E-state index in [1.165, 1.54) is 0 Å². The number of methoxy groups -OCH3 is 1. The van der Waals surface area contributed by atoms with E-state index >= 15 is 0 Å². The first kappa shape index (κ1) is 19.6.